The molecule has 6 heteroatoms. The molecular weight excluding hydrogens is 322 g/mol. The molecule has 4 rings (SSSR count). The molecule has 2 N–H and O–H groups in total. The Kier molecular flexibility index (Phi) is 3.98. The molecule has 0 unspecified atom stereocenters. The average Bonchev–Trinajstić information content (AvgIpc) is 3.31. The average molecular weight is 341 g/mol. The Morgan fingerprint density at radius 3 is 2.79 bits per heavy atom. The number of anilines is 3. The second-order valence-corrected chi connectivity index (χ2v) is 7.22. The van der Waals surface area contributed by atoms with Crippen molar-refractivity contribution in [3.05, 3.63) is 41.3 Å². The number of aryl methyl sites for hydroxylation is 1. The Hall–Kier alpha value is -2.34. The summed E-state index contributed by atoms with van der Waals surface area (Å²) in [5, 5.41) is 8.40. The van der Waals surface area contributed by atoms with Crippen molar-refractivity contribution in [1.29, 1.82) is 0 Å². The summed E-state index contributed by atoms with van der Waals surface area (Å²) in [7, 11) is 0. The molecule has 3 amide bonds. The largest absolute Gasteiger partial charge is 0.324 e. The second-order valence-electron chi connectivity index (χ2n) is 6.27. The van der Waals surface area contributed by atoms with Crippen LogP contribution < -0.4 is 15.5 Å². The fourth-order valence-corrected chi connectivity index (χ4v) is 3.69. The van der Waals surface area contributed by atoms with Crippen LogP contribution in [0.3, 0.4) is 0 Å². The number of nitrogens with zero attached hydrogens (tertiary/aromatic N) is 1. The number of carbonyl (C=O) groups excluding carboxylic acids is 2. The van der Waals surface area contributed by atoms with Gasteiger partial charge in [0.1, 0.15) is 0 Å². The molecule has 0 radical (unpaired) electrons. The third-order valence-corrected chi connectivity index (χ3v) is 5.19. The summed E-state index contributed by atoms with van der Waals surface area (Å²) in [5.41, 5.74) is 2.88. The van der Waals surface area contributed by atoms with Crippen LogP contribution in [-0.4, -0.2) is 18.5 Å². The first kappa shape index (κ1) is 15.2. The summed E-state index contributed by atoms with van der Waals surface area (Å²) in [5.74, 6) is 0.484. The van der Waals surface area contributed by atoms with E-state index in [1.54, 1.807) is 0 Å². The molecule has 1 saturated carbocycles. The molecule has 0 atom stereocenters. The molecule has 0 spiro atoms. The van der Waals surface area contributed by atoms with E-state index in [2.05, 4.69) is 10.6 Å². The third kappa shape index (κ3) is 3.14. The van der Waals surface area contributed by atoms with E-state index < -0.39 is 0 Å². The number of hydrogen-bond acceptors (Lipinski definition) is 3. The van der Waals surface area contributed by atoms with Crippen molar-refractivity contribution in [2.45, 2.75) is 25.7 Å². The van der Waals surface area contributed by atoms with E-state index in [-0.39, 0.29) is 17.9 Å². The lowest BCUT2D eigenvalue weighted by molar-refractivity contribution is -0.119. The Labute approximate surface area is 144 Å². The predicted octanol–water partition coefficient (Wildman–Crippen LogP) is 4.08. The number of amides is 3. The first-order valence-corrected chi connectivity index (χ1v) is 9.14. The van der Waals surface area contributed by atoms with Gasteiger partial charge in [-0.05, 0) is 67.0 Å². The maximum Gasteiger partial charge on any atom is 0.324 e. The minimum absolute atomic E-state index is 0.227. The van der Waals surface area contributed by atoms with Gasteiger partial charge in [0.15, 0.2) is 0 Å². The van der Waals surface area contributed by atoms with Crippen molar-refractivity contribution in [1.82, 2.24) is 0 Å². The predicted molar refractivity (Wildman–Crippen MR) is 96.8 cm³/mol. The fourth-order valence-electron chi connectivity index (χ4n) is 3.08. The zero-order chi connectivity index (χ0) is 16.5. The molecular formula is C18H19N3O2S. The maximum absolute atomic E-state index is 12.4. The first-order chi connectivity index (χ1) is 11.7. The van der Waals surface area contributed by atoms with Crippen LogP contribution in [0.15, 0.2) is 35.7 Å². The lowest BCUT2D eigenvalue weighted by Crippen LogP contribution is -2.36. The highest BCUT2D eigenvalue weighted by atomic mass is 32.1. The van der Waals surface area contributed by atoms with Crippen molar-refractivity contribution in [3.63, 3.8) is 0 Å². The van der Waals surface area contributed by atoms with E-state index in [0.29, 0.717) is 0 Å². The van der Waals surface area contributed by atoms with Gasteiger partial charge in [0.2, 0.25) is 5.91 Å². The van der Waals surface area contributed by atoms with Gasteiger partial charge in [-0.25, -0.2) is 4.79 Å². The number of hydrogen-bond donors (Lipinski definition) is 2. The van der Waals surface area contributed by atoms with Crippen molar-refractivity contribution in [3.8, 4) is 0 Å². The van der Waals surface area contributed by atoms with Crippen molar-refractivity contribution >= 4 is 39.7 Å². The highest BCUT2D eigenvalue weighted by molar-refractivity contribution is 7.14. The van der Waals surface area contributed by atoms with Gasteiger partial charge in [-0.15, -0.1) is 11.3 Å². The fraction of sp³-hybridized carbons (Fsp3) is 0.333. The van der Waals surface area contributed by atoms with E-state index in [4.69, 9.17) is 0 Å². The van der Waals surface area contributed by atoms with Gasteiger partial charge in [-0.1, -0.05) is 0 Å². The highest BCUT2D eigenvalue weighted by Gasteiger charge is 2.35. The minimum Gasteiger partial charge on any atom is -0.312 e. The van der Waals surface area contributed by atoms with Gasteiger partial charge in [0.05, 0.1) is 5.00 Å². The van der Waals surface area contributed by atoms with E-state index >= 15 is 0 Å². The van der Waals surface area contributed by atoms with Gasteiger partial charge in [-0.2, -0.15) is 0 Å². The lowest BCUT2D eigenvalue weighted by Gasteiger charge is -2.30. The number of rotatable bonds is 3. The molecule has 5 nitrogen and oxygen atoms in total. The molecule has 1 aromatic carbocycles. The molecule has 2 aliphatic rings. The van der Waals surface area contributed by atoms with Crippen molar-refractivity contribution < 1.29 is 9.59 Å². The SMILES string of the molecule is O=C(Nc1ccc2c(c1)CCCN2C(=O)C1CC1)Nc1cccs1. The number of urea groups is 1. The summed E-state index contributed by atoms with van der Waals surface area (Å²) >= 11 is 1.48. The monoisotopic (exact) mass is 341 g/mol. The molecule has 1 fully saturated rings. The van der Waals surface area contributed by atoms with Crippen LogP contribution in [0.25, 0.3) is 0 Å². The van der Waals surface area contributed by atoms with Crippen LogP contribution in [0, 0.1) is 5.92 Å². The van der Waals surface area contributed by atoms with Gasteiger partial charge in [-0.3, -0.25) is 10.1 Å². The number of nitrogens with one attached hydrogen (secondary N) is 2. The minimum atomic E-state index is -0.251. The summed E-state index contributed by atoms with van der Waals surface area (Å²) < 4.78 is 0. The first-order valence-electron chi connectivity index (χ1n) is 8.26. The Balaban J connectivity index is 1.48. The molecule has 0 saturated heterocycles. The summed E-state index contributed by atoms with van der Waals surface area (Å²) in [4.78, 5) is 26.4. The van der Waals surface area contributed by atoms with Gasteiger partial charge in [0.25, 0.3) is 0 Å². The summed E-state index contributed by atoms with van der Waals surface area (Å²) in [6.45, 7) is 0.800. The van der Waals surface area contributed by atoms with Gasteiger partial charge >= 0.3 is 6.03 Å². The molecule has 1 aliphatic heterocycles. The summed E-state index contributed by atoms with van der Waals surface area (Å²) in [6, 6.07) is 9.30. The Morgan fingerprint density at radius 1 is 1.17 bits per heavy atom. The highest BCUT2D eigenvalue weighted by Crippen LogP contribution is 2.36. The normalized spacial score (nSPS) is 16.4. The van der Waals surface area contributed by atoms with Gasteiger partial charge < -0.3 is 10.2 Å². The van der Waals surface area contributed by atoms with Crippen LogP contribution in [0.1, 0.15) is 24.8 Å². The molecule has 0 bridgehead atoms. The second kappa shape index (κ2) is 6.28. The van der Waals surface area contributed by atoms with Crippen molar-refractivity contribution in [2.75, 3.05) is 22.1 Å². The zero-order valence-corrected chi connectivity index (χ0v) is 14.1. The zero-order valence-electron chi connectivity index (χ0n) is 13.2. The van der Waals surface area contributed by atoms with E-state index in [1.807, 2.05) is 40.6 Å². The van der Waals surface area contributed by atoms with Crippen LogP contribution in [0.5, 0.6) is 0 Å². The van der Waals surface area contributed by atoms with Crippen LogP contribution in [-0.2, 0) is 11.2 Å². The maximum atomic E-state index is 12.4. The summed E-state index contributed by atoms with van der Waals surface area (Å²) in [6.07, 6.45) is 3.95. The lowest BCUT2D eigenvalue weighted by atomic mass is 10.0. The quantitative estimate of drug-likeness (QED) is 0.883. The van der Waals surface area contributed by atoms with E-state index in [0.717, 1.165) is 54.2 Å². The van der Waals surface area contributed by atoms with Crippen LogP contribution in [0.2, 0.25) is 0 Å². The van der Waals surface area contributed by atoms with Gasteiger partial charge in [0, 0.05) is 23.8 Å². The standard InChI is InChI=1S/C18H19N3O2S/c22-17(12-5-6-12)21-9-1-3-13-11-14(7-8-15(13)21)19-18(23)20-16-4-2-10-24-16/h2,4,7-8,10-12H,1,3,5-6,9H2,(H2,19,20,23). The molecule has 1 aromatic heterocycles. The van der Waals surface area contributed by atoms with Crippen LogP contribution in [0.4, 0.5) is 21.2 Å². The number of carbonyl (C=O) groups is 2. The number of benzene rings is 1. The van der Waals surface area contributed by atoms with E-state index in [1.165, 1.54) is 11.3 Å². The number of thiophene rings is 1. The smallest absolute Gasteiger partial charge is 0.312 e. The number of fused-ring (bicyclic) bond motifs is 1. The van der Waals surface area contributed by atoms with Crippen molar-refractivity contribution in [2.24, 2.45) is 5.92 Å². The van der Waals surface area contributed by atoms with E-state index in [9.17, 15) is 9.59 Å². The molecule has 1 aliphatic carbocycles. The molecule has 24 heavy (non-hydrogen) atoms. The topological polar surface area (TPSA) is 61.4 Å². The molecule has 2 aromatic rings. The Bertz CT molecular complexity index is 769. The Morgan fingerprint density at radius 2 is 2.04 bits per heavy atom. The molecule has 2 heterocycles. The third-order valence-electron chi connectivity index (χ3n) is 4.41. The molecule has 124 valence electrons. The van der Waals surface area contributed by atoms with Crippen LogP contribution >= 0.6 is 11.3 Å².